The summed E-state index contributed by atoms with van der Waals surface area (Å²) in [6, 6.07) is 0.460. The number of nitrogens with one attached hydrogen (secondary N) is 1. The highest BCUT2D eigenvalue weighted by molar-refractivity contribution is 7.07. The maximum atomic E-state index is 9.17. The highest BCUT2D eigenvalue weighted by Gasteiger charge is 2.22. The number of hydrogen-bond acceptors (Lipinski definition) is 4. The van der Waals surface area contributed by atoms with Gasteiger partial charge in [-0.25, -0.2) is 4.98 Å². The van der Waals surface area contributed by atoms with Crippen molar-refractivity contribution in [2.45, 2.75) is 51.1 Å². The molecule has 0 saturated heterocycles. The van der Waals surface area contributed by atoms with Crippen LogP contribution in [0.2, 0.25) is 0 Å². The van der Waals surface area contributed by atoms with Gasteiger partial charge >= 0.3 is 0 Å². The Hall–Kier alpha value is -0.450. The zero-order valence-electron chi connectivity index (χ0n) is 10.3. The summed E-state index contributed by atoms with van der Waals surface area (Å²) in [6.45, 7) is 1.12. The van der Waals surface area contributed by atoms with E-state index in [0.717, 1.165) is 24.6 Å². The molecule has 4 heteroatoms. The molecule has 0 radical (unpaired) electrons. The fourth-order valence-electron chi connectivity index (χ4n) is 2.74. The van der Waals surface area contributed by atoms with Crippen LogP contribution in [0, 0.1) is 5.92 Å². The van der Waals surface area contributed by atoms with Crippen LogP contribution < -0.4 is 5.32 Å². The number of aliphatic hydroxyl groups is 1. The van der Waals surface area contributed by atoms with E-state index in [0.29, 0.717) is 6.04 Å². The predicted molar refractivity (Wildman–Crippen MR) is 71.0 cm³/mol. The number of hydrogen-bond donors (Lipinski definition) is 2. The Morgan fingerprint density at radius 2 is 2.24 bits per heavy atom. The van der Waals surface area contributed by atoms with Crippen molar-refractivity contribution in [3.05, 3.63) is 16.6 Å². The minimum Gasteiger partial charge on any atom is -0.396 e. The summed E-state index contributed by atoms with van der Waals surface area (Å²) >= 11 is 1.64. The van der Waals surface area contributed by atoms with Crippen LogP contribution >= 0.6 is 11.3 Å². The van der Waals surface area contributed by atoms with Crippen LogP contribution in [0.4, 0.5) is 0 Å². The molecule has 0 aliphatic heterocycles. The summed E-state index contributed by atoms with van der Waals surface area (Å²) in [6.07, 6.45) is 7.59. The second-order valence-electron chi connectivity index (χ2n) is 4.88. The van der Waals surface area contributed by atoms with Gasteiger partial charge in [0.05, 0.1) is 11.2 Å². The molecule has 0 spiro atoms. The molecule has 17 heavy (non-hydrogen) atoms. The molecule has 1 aliphatic rings. The number of rotatable bonds is 6. The van der Waals surface area contributed by atoms with Gasteiger partial charge in [0.15, 0.2) is 0 Å². The van der Waals surface area contributed by atoms with Gasteiger partial charge in [-0.3, -0.25) is 0 Å². The zero-order chi connectivity index (χ0) is 11.9. The first-order valence-corrected chi connectivity index (χ1v) is 7.55. The summed E-state index contributed by atoms with van der Waals surface area (Å²) in [5.74, 6) is 0.745. The van der Waals surface area contributed by atoms with Crippen molar-refractivity contribution >= 4 is 11.3 Å². The molecule has 0 aromatic carbocycles. The van der Waals surface area contributed by atoms with E-state index in [2.05, 4.69) is 15.7 Å². The Bertz CT molecular complexity index is 296. The van der Waals surface area contributed by atoms with Crippen LogP contribution in [0.1, 0.15) is 44.2 Å². The monoisotopic (exact) mass is 254 g/mol. The third-order valence-electron chi connectivity index (χ3n) is 3.69. The second kappa shape index (κ2) is 7.09. The van der Waals surface area contributed by atoms with Gasteiger partial charge in [-0.2, -0.15) is 0 Å². The van der Waals surface area contributed by atoms with Gasteiger partial charge in [0, 0.05) is 24.6 Å². The van der Waals surface area contributed by atoms with Crippen LogP contribution in [0.15, 0.2) is 10.9 Å². The summed E-state index contributed by atoms with van der Waals surface area (Å²) < 4.78 is 0. The van der Waals surface area contributed by atoms with Gasteiger partial charge in [-0.15, -0.1) is 11.3 Å². The fourth-order valence-corrected chi connectivity index (χ4v) is 3.30. The average Bonchev–Trinajstić information content (AvgIpc) is 2.88. The molecule has 3 nitrogen and oxygen atoms in total. The van der Waals surface area contributed by atoms with Crippen molar-refractivity contribution in [3.63, 3.8) is 0 Å². The van der Waals surface area contributed by atoms with Crippen LogP contribution in [0.25, 0.3) is 0 Å². The number of aliphatic hydroxyl groups excluding tert-OH is 1. The third-order valence-corrected chi connectivity index (χ3v) is 4.32. The normalized spacial score (nSPS) is 19.4. The SMILES string of the molecule is OCCC(NCc1cscn1)C1CCCCC1. The van der Waals surface area contributed by atoms with E-state index < -0.39 is 0 Å². The number of thiazole rings is 1. The molecule has 1 atom stereocenters. The van der Waals surface area contributed by atoms with E-state index in [1.54, 1.807) is 11.3 Å². The van der Waals surface area contributed by atoms with Crippen molar-refractivity contribution < 1.29 is 5.11 Å². The third kappa shape index (κ3) is 4.05. The molecule has 1 unspecified atom stereocenters. The van der Waals surface area contributed by atoms with E-state index in [4.69, 9.17) is 0 Å². The molecule has 1 aliphatic carbocycles. The highest BCUT2D eigenvalue weighted by Crippen LogP contribution is 2.27. The molecule has 1 fully saturated rings. The van der Waals surface area contributed by atoms with Crippen molar-refractivity contribution in [1.82, 2.24) is 10.3 Å². The maximum Gasteiger partial charge on any atom is 0.0795 e. The van der Waals surface area contributed by atoms with E-state index in [1.807, 2.05) is 5.51 Å². The Balaban J connectivity index is 1.82. The van der Waals surface area contributed by atoms with Crippen molar-refractivity contribution in [2.24, 2.45) is 5.92 Å². The summed E-state index contributed by atoms with van der Waals surface area (Å²) in [4.78, 5) is 4.29. The molecule has 2 N–H and O–H groups in total. The lowest BCUT2D eigenvalue weighted by Crippen LogP contribution is -2.37. The quantitative estimate of drug-likeness (QED) is 0.820. The van der Waals surface area contributed by atoms with Crippen LogP contribution in [0.5, 0.6) is 0 Å². The summed E-state index contributed by atoms with van der Waals surface area (Å²) in [7, 11) is 0. The molecule has 1 aromatic rings. The first-order valence-electron chi connectivity index (χ1n) is 6.61. The minimum atomic E-state index is 0.283. The van der Waals surface area contributed by atoms with Gasteiger partial charge in [0.2, 0.25) is 0 Å². The lowest BCUT2D eigenvalue weighted by molar-refractivity contribution is 0.205. The first-order chi connectivity index (χ1) is 8.40. The standard InChI is InChI=1S/C13H22N2OS/c16-7-6-13(11-4-2-1-3-5-11)14-8-12-9-17-10-15-12/h9-11,13-14,16H,1-8H2. The van der Waals surface area contributed by atoms with Crippen LogP contribution in [-0.4, -0.2) is 22.7 Å². The Morgan fingerprint density at radius 1 is 1.41 bits per heavy atom. The van der Waals surface area contributed by atoms with Crippen molar-refractivity contribution in [2.75, 3.05) is 6.61 Å². The molecular formula is C13H22N2OS. The van der Waals surface area contributed by atoms with Gasteiger partial charge in [0.1, 0.15) is 0 Å². The van der Waals surface area contributed by atoms with E-state index in [-0.39, 0.29) is 6.61 Å². The van der Waals surface area contributed by atoms with Crippen LogP contribution in [-0.2, 0) is 6.54 Å². The molecular weight excluding hydrogens is 232 g/mol. The zero-order valence-corrected chi connectivity index (χ0v) is 11.1. The van der Waals surface area contributed by atoms with Gasteiger partial charge in [-0.1, -0.05) is 19.3 Å². The lowest BCUT2D eigenvalue weighted by atomic mass is 9.83. The van der Waals surface area contributed by atoms with Gasteiger partial charge in [-0.05, 0) is 25.2 Å². The van der Waals surface area contributed by atoms with Crippen LogP contribution in [0.3, 0.4) is 0 Å². The Kier molecular flexibility index (Phi) is 5.42. The predicted octanol–water partition coefficient (Wildman–Crippen LogP) is 2.56. The minimum absolute atomic E-state index is 0.283. The Morgan fingerprint density at radius 3 is 2.88 bits per heavy atom. The smallest absolute Gasteiger partial charge is 0.0795 e. The summed E-state index contributed by atoms with van der Waals surface area (Å²) in [5, 5.41) is 14.8. The van der Waals surface area contributed by atoms with Crippen molar-refractivity contribution in [3.8, 4) is 0 Å². The fraction of sp³-hybridized carbons (Fsp3) is 0.769. The molecule has 1 aromatic heterocycles. The molecule has 0 amide bonds. The molecule has 0 bridgehead atoms. The van der Waals surface area contributed by atoms with E-state index in [1.165, 1.54) is 32.1 Å². The molecule has 2 rings (SSSR count). The van der Waals surface area contributed by atoms with Crippen molar-refractivity contribution in [1.29, 1.82) is 0 Å². The topological polar surface area (TPSA) is 45.1 Å². The molecule has 1 saturated carbocycles. The molecule has 96 valence electrons. The van der Waals surface area contributed by atoms with E-state index >= 15 is 0 Å². The second-order valence-corrected chi connectivity index (χ2v) is 5.60. The average molecular weight is 254 g/mol. The number of nitrogens with zero attached hydrogens (tertiary/aromatic N) is 1. The largest absolute Gasteiger partial charge is 0.396 e. The highest BCUT2D eigenvalue weighted by atomic mass is 32.1. The Labute approximate surface area is 107 Å². The molecule has 1 heterocycles. The maximum absolute atomic E-state index is 9.17. The van der Waals surface area contributed by atoms with Gasteiger partial charge < -0.3 is 10.4 Å². The van der Waals surface area contributed by atoms with E-state index in [9.17, 15) is 5.11 Å². The van der Waals surface area contributed by atoms with Gasteiger partial charge in [0.25, 0.3) is 0 Å². The lowest BCUT2D eigenvalue weighted by Gasteiger charge is -2.30. The summed E-state index contributed by atoms with van der Waals surface area (Å²) in [5.41, 5.74) is 2.99. The first kappa shape index (κ1) is 13.0. The number of aromatic nitrogens is 1.